The number of phenols is 1. The van der Waals surface area contributed by atoms with Crippen molar-refractivity contribution in [2.45, 2.75) is 25.8 Å². The Kier molecular flexibility index (Phi) is 3.42. The Morgan fingerprint density at radius 3 is 2.75 bits per heavy atom. The van der Waals surface area contributed by atoms with Gasteiger partial charge in [0.15, 0.2) is 0 Å². The van der Waals surface area contributed by atoms with Crippen molar-refractivity contribution in [3.63, 3.8) is 0 Å². The van der Waals surface area contributed by atoms with Gasteiger partial charge in [-0.05, 0) is 29.7 Å². The van der Waals surface area contributed by atoms with Crippen molar-refractivity contribution in [2.24, 2.45) is 5.10 Å². The van der Waals surface area contributed by atoms with E-state index in [9.17, 15) is 5.11 Å². The molecule has 2 aromatic rings. The number of nitrogens with one attached hydrogen (secondary N) is 1. The molecule has 2 aromatic carbocycles. The predicted octanol–water partition coefficient (Wildman–Crippen LogP) is 3.39. The van der Waals surface area contributed by atoms with Crippen LogP contribution in [0.1, 0.15) is 36.1 Å². The van der Waals surface area contributed by atoms with Gasteiger partial charge in [0.05, 0.1) is 11.8 Å². The lowest BCUT2D eigenvalue weighted by Crippen LogP contribution is -2.10. The van der Waals surface area contributed by atoms with Gasteiger partial charge in [-0.15, -0.1) is 0 Å². The molecule has 0 saturated carbocycles. The van der Waals surface area contributed by atoms with E-state index in [2.05, 4.69) is 35.7 Å². The van der Waals surface area contributed by atoms with Crippen molar-refractivity contribution in [1.82, 2.24) is 5.43 Å². The third-order valence-electron chi connectivity index (χ3n) is 3.74. The molecule has 0 aromatic heterocycles. The Balaban J connectivity index is 1.82. The molecule has 1 aliphatic heterocycles. The van der Waals surface area contributed by atoms with E-state index in [4.69, 9.17) is 0 Å². The highest BCUT2D eigenvalue weighted by atomic mass is 16.3. The number of hydrogen-bond donors (Lipinski definition) is 2. The fourth-order valence-corrected chi connectivity index (χ4v) is 2.54. The summed E-state index contributed by atoms with van der Waals surface area (Å²) in [4.78, 5) is 0. The maximum absolute atomic E-state index is 10.1. The molecule has 0 fully saturated rings. The highest BCUT2D eigenvalue weighted by Crippen LogP contribution is 2.31. The minimum absolute atomic E-state index is 0.0525. The lowest BCUT2D eigenvalue weighted by Gasteiger charge is -2.13. The molecule has 3 rings (SSSR count). The summed E-state index contributed by atoms with van der Waals surface area (Å²) in [5.41, 5.74) is 7.47. The number of nitrogens with zero attached hydrogens (tertiary/aromatic N) is 1. The Hall–Kier alpha value is -2.29. The van der Waals surface area contributed by atoms with E-state index in [0.29, 0.717) is 5.75 Å². The van der Waals surface area contributed by atoms with E-state index in [1.807, 2.05) is 24.3 Å². The number of benzene rings is 2. The largest absolute Gasteiger partial charge is 0.508 e. The molecule has 1 heterocycles. The minimum Gasteiger partial charge on any atom is -0.508 e. The Labute approximate surface area is 119 Å². The summed E-state index contributed by atoms with van der Waals surface area (Å²) >= 11 is 0. The van der Waals surface area contributed by atoms with Crippen molar-refractivity contribution < 1.29 is 5.11 Å². The summed E-state index contributed by atoms with van der Waals surface area (Å²) < 4.78 is 0. The second kappa shape index (κ2) is 5.37. The number of hydrazone groups is 1. The smallest absolute Gasteiger partial charge is 0.120 e. The molecule has 0 amide bonds. The van der Waals surface area contributed by atoms with Crippen LogP contribution in [0.4, 0.5) is 0 Å². The normalized spacial score (nSPS) is 17.6. The summed E-state index contributed by atoms with van der Waals surface area (Å²) in [6.45, 7) is 2.12. The van der Waals surface area contributed by atoms with Crippen LogP contribution in [0.25, 0.3) is 0 Å². The third-order valence-corrected chi connectivity index (χ3v) is 3.74. The Bertz CT molecular complexity index is 635. The van der Waals surface area contributed by atoms with Crippen LogP contribution in [0.3, 0.4) is 0 Å². The lowest BCUT2D eigenvalue weighted by atomic mass is 9.96. The fraction of sp³-hybridized carbons (Fsp3) is 0.235. The summed E-state index contributed by atoms with van der Waals surface area (Å²) in [5.74, 6) is 0.337. The molecule has 102 valence electrons. The number of hydrogen-bond acceptors (Lipinski definition) is 3. The summed E-state index contributed by atoms with van der Waals surface area (Å²) in [5, 5.41) is 14.5. The number of rotatable bonds is 3. The molecular weight excluding hydrogens is 248 g/mol. The zero-order valence-corrected chi connectivity index (χ0v) is 11.5. The first kappa shape index (κ1) is 12.7. The number of aromatic hydroxyl groups is 1. The molecule has 1 atom stereocenters. The SMILES string of the molecule is CCc1ccc(O)c(C2CC(c3ccccc3)=NN2)c1. The van der Waals surface area contributed by atoms with E-state index in [-0.39, 0.29) is 6.04 Å². The fourth-order valence-electron chi connectivity index (χ4n) is 2.54. The summed E-state index contributed by atoms with van der Waals surface area (Å²) in [6.07, 6.45) is 1.76. The molecular formula is C17H18N2O. The molecule has 1 unspecified atom stereocenters. The topological polar surface area (TPSA) is 44.6 Å². The standard InChI is InChI=1S/C17H18N2O/c1-2-12-8-9-17(20)14(10-12)16-11-15(18-19-16)13-6-4-3-5-7-13/h3-10,16,19-20H,2,11H2,1H3. The summed E-state index contributed by atoms with van der Waals surface area (Å²) in [6, 6.07) is 16.0. The van der Waals surface area contributed by atoms with E-state index in [1.165, 1.54) is 5.56 Å². The molecule has 3 nitrogen and oxygen atoms in total. The van der Waals surface area contributed by atoms with Gasteiger partial charge in [-0.25, -0.2) is 0 Å². The second-order valence-corrected chi connectivity index (χ2v) is 5.06. The molecule has 0 spiro atoms. The summed E-state index contributed by atoms with van der Waals surface area (Å²) in [7, 11) is 0. The van der Waals surface area contributed by atoms with Gasteiger partial charge in [0.1, 0.15) is 5.75 Å². The molecule has 20 heavy (non-hydrogen) atoms. The van der Waals surface area contributed by atoms with Crippen molar-refractivity contribution in [3.8, 4) is 5.75 Å². The first-order chi connectivity index (χ1) is 9.78. The third kappa shape index (κ3) is 2.39. The minimum atomic E-state index is 0.0525. The molecule has 2 N–H and O–H groups in total. The number of phenolic OH excluding ortho intramolecular Hbond substituents is 1. The average Bonchev–Trinajstić information content (AvgIpc) is 2.98. The van der Waals surface area contributed by atoms with Crippen molar-refractivity contribution in [1.29, 1.82) is 0 Å². The van der Waals surface area contributed by atoms with E-state index in [1.54, 1.807) is 6.07 Å². The predicted molar refractivity (Wildman–Crippen MR) is 81.0 cm³/mol. The van der Waals surface area contributed by atoms with Crippen LogP contribution in [0.5, 0.6) is 5.75 Å². The molecule has 3 heteroatoms. The molecule has 1 aliphatic rings. The van der Waals surface area contributed by atoms with Gasteiger partial charge < -0.3 is 10.5 Å². The van der Waals surface area contributed by atoms with Gasteiger partial charge in [0.25, 0.3) is 0 Å². The highest BCUT2D eigenvalue weighted by molar-refractivity contribution is 6.01. The molecule has 0 bridgehead atoms. The van der Waals surface area contributed by atoms with Crippen LogP contribution in [0.15, 0.2) is 53.6 Å². The quantitative estimate of drug-likeness (QED) is 0.894. The number of aryl methyl sites for hydroxylation is 1. The van der Waals surface area contributed by atoms with E-state index < -0.39 is 0 Å². The van der Waals surface area contributed by atoms with E-state index in [0.717, 1.165) is 29.7 Å². The van der Waals surface area contributed by atoms with Crippen LogP contribution in [-0.4, -0.2) is 10.8 Å². The monoisotopic (exact) mass is 266 g/mol. The zero-order valence-electron chi connectivity index (χ0n) is 11.5. The van der Waals surface area contributed by atoms with Crippen LogP contribution in [0.2, 0.25) is 0 Å². The maximum atomic E-state index is 10.1. The molecule has 0 aliphatic carbocycles. The van der Waals surface area contributed by atoms with Crippen LogP contribution in [0, 0.1) is 0 Å². The van der Waals surface area contributed by atoms with E-state index >= 15 is 0 Å². The lowest BCUT2D eigenvalue weighted by molar-refractivity contribution is 0.455. The first-order valence-electron chi connectivity index (χ1n) is 6.97. The first-order valence-corrected chi connectivity index (χ1v) is 6.97. The van der Waals surface area contributed by atoms with Gasteiger partial charge in [0, 0.05) is 12.0 Å². The van der Waals surface area contributed by atoms with Crippen LogP contribution >= 0.6 is 0 Å². The zero-order chi connectivity index (χ0) is 13.9. The van der Waals surface area contributed by atoms with Gasteiger partial charge in [-0.3, -0.25) is 0 Å². The van der Waals surface area contributed by atoms with Gasteiger partial charge in [0.2, 0.25) is 0 Å². The second-order valence-electron chi connectivity index (χ2n) is 5.06. The van der Waals surface area contributed by atoms with Crippen LogP contribution < -0.4 is 5.43 Å². The Morgan fingerprint density at radius 1 is 1.20 bits per heavy atom. The van der Waals surface area contributed by atoms with Crippen molar-refractivity contribution in [2.75, 3.05) is 0 Å². The Morgan fingerprint density at radius 2 is 2.00 bits per heavy atom. The van der Waals surface area contributed by atoms with Crippen molar-refractivity contribution >= 4 is 5.71 Å². The van der Waals surface area contributed by atoms with Gasteiger partial charge in [-0.2, -0.15) is 5.10 Å². The van der Waals surface area contributed by atoms with Gasteiger partial charge in [-0.1, -0.05) is 43.3 Å². The molecule has 0 saturated heterocycles. The van der Waals surface area contributed by atoms with Crippen molar-refractivity contribution in [3.05, 3.63) is 65.2 Å². The van der Waals surface area contributed by atoms with Gasteiger partial charge >= 0.3 is 0 Å². The molecule has 0 radical (unpaired) electrons. The van der Waals surface area contributed by atoms with Crippen LogP contribution in [-0.2, 0) is 6.42 Å². The average molecular weight is 266 g/mol. The maximum Gasteiger partial charge on any atom is 0.120 e. The highest BCUT2D eigenvalue weighted by Gasteiger charge is 2.23.